The van der Waals surface area contributed by atoms with Crippen molar-refractivity contribution in [3.8, 4) is 22.3 Å². The molecule has 5 aromatic rings. The minimum absolute atomic E-state index is 0.193. The van der Waals surface area contributed by atoms with Gasteiger partial charge >= 0.3 is 24.2 Å². The highest BCUT2D eigenvalue weighted by atomic mass is 16.7. The molecule has 14 nitrogen and oxygen atoms in total. The highest BCUT2D eigenvalue weighted by Crippen LogP contribution is 2.33. The Bertz CT molecular complexity index is 2130. The van der Waals surface area contributed by atoms with Gasteiger partial charge in [0.05, 0.1) is 30.2 Å². The maximum absolute atomic E-state index is 13.8. The lowest BCUT2D eigenvalue weighted by Crippen LogP contribution is -2.63. The van der Waals surface area contributed by atoms with Gasteiger partial charge in [0.25, 0.3) is 0 Å². The van der Waals surface area contributed by atoms with Crippen molar-refractivity contribution in [3.63, 3.8) is 0 Å². The summed E-state index contributed by atoms with van der Waals surface area (Å²) in [6.07, 6.45) is -10.4. The molecule has 0 saturated carbocycles. The number of carbonyl (C=O) groups is 4. The van der Waals surface area contributed by atoms with E-state index in [1.54, 1.807) is 31.2 Å². The normalized spacial score (nSPS) is 18.7. The second kappa shape index (κ2) is 19.2. The summed E-state index contributed by atoms with van der Waals surface area (Å²) in [5, 5.41) is 18.5. The van der Waals surface area contributed by atoms with Crippen LogP contribution in [0.15, 0.2) is 133 Å². The van der Waals surface area contributed by atoms with Gasteiger partial charge in [-0.15, -0.1) is 0 Å². The van der Waals surface area contributed by atoms with Crippen LogP contribution >= 0.6 is 0 Å². The molecule has 1 heterocycles. The van der Waals surface area contributed by atoms with Crippen molar-refractivity contribution in [2.75, 3.05) is 36.3 Å². The number of para-hydroxylation sites is 2. The minimum atomic E-state index is -1.60. The van der Waals surface area contributed by atoms with Gasteiger partial charge in [-0.05, 0) is 54.4 Å². The number of aliphatic hydroxyl groups is 1. The van der Waals surface area contributed by atoms with Crippen molar-refractivity contribution < 1.29 is 52.7 Å². The highest BCUT2D eigenvalue weighted by molar-refractivity contribution is 5.93. The number of amides is 3. The van der Waals surface area contributed by atoms with Gasteiger partial charge in [0.2, 0.25) is 0 Å². The number of nitrogens with one attached hydrogen (secondary N) is 3. The van der Waals surface area contributed by atoms with Crippen molar-refractivity contribution in [2.45, 2.75) is 37.6 Å². The first kappa shape index (κ1) is 39.9. The van der Waals surface area contributed by atoms with Crippen LogP contribution in [0.1, 0.15) is 17.3 Å². The molecule has 1 aliphatic rings. The number of rotatable bonds is 12. The molecule has 57 heavy (non-hydrogen) atoms. The molecule has 14 heteroatoms. The standard InChI is InChI=1S/C43H41N3O11/c1-3-53-39(48)29-22-24-30(25-23-29)44-41(49)55-36-35(26-47)54-40(52-2)38(57-43(51)46-34-21-13-11-19-32(34)28-16-8-5-9-17-28)37(36)56-42(50)45-33-20-12-10-18-31(33)27-14-6-4-7-15-27/h4-25,35-38,40,47H,3,26H2,1-2H3,(H,44,49)(H,45,50)(H,46,51)/t35-,36-,37+,38-,40+/m1/s1. The molecule has 3 amide bonds. The van der Waals surface area contributed by atoms with Crippen LogP contribution in [0.5, 0.6) is 0 Å². The molecule has 0 unspecified atom stereocenters. The SMILES string of the molecule is CCOC(=O)c1ccc(NC(=O)O[C@H]2[C@H](OC(=O)Nc3ccccc3-c3ccccc3)[C@@H](OC(=O)Nc3ccccc3-c3ccccc3)[C@@H](OC)O[C@@H]2CO)cc1. The molecule has 4 N–H and O–H groups in total. The number of hydrogen-bond donors (Lipinski definition) is 4. The van der Waals surface area contributed by atoms with Gasteiger partial charge in [-0.2, -0.15) is 0 Å². The monoisotopic (exact) mass is 775 g/mol. The van der Waals surface area contributed by atoms with E-state index in [9.17, 15) is 24.3 Å². The second-order valence-corrected chi connectivity index (χ2v) is 12.6. The van der Waals surface area contributed by atoms with Crippen LogP contribution < -0.4 is 16.0 Å². The van der Waals surface area contributed by atoms with Crippen LogP contribution in [0.25, 0.3) is 22.3 Å². The highest BCUT2D eigenvalue weighted by Gasteiger charge is 2.53. The predicted octanol–water partition coefficient (Wildman–Crippen LogP) is 7.71. The molecule has 294 valence electrons. The zero-order valence-corrected chi connectivity index (χ0v) is 31.0. The summed E-state index contributed by atoms with van der Waals surface area (Å²) in [4.78, 5) is 53.0. The topological polar surface area (TPSA) is 180 Å². The molecule has 0 aliphatic carbocycles. The minimum Gasteiger partial charge on any atom is -0.462 e. The molecule has 1 fully saturated rings. The van der Waals surface area contributed by atoms with Gasteiger partial charge in [0, 0.05) is 23.9 Å². The van der Waals surface area contributed by atoms with E-state index < -0.39 is 61.6 Å². The Labute approximate surface area is 328 Å². The van der Waals surface area contributed by atoms with E-state index in [4.69, 9.17) is 28.4 Å². The Kier molecular flexibility index (Phi) is 13.5. The van der Waals surface area contributed by atoms with E-state index in [2.05, 4.69) is 16.0 Å². The van der Waals surface area contributed by atoms with Crippen LogP contribution in [0.2, 0.25) is 0 Å². The summed E-state index contributed by atoms with van der Waals surface area (Å²) in [6.45, 7) is 1.16. The first-order valence-corrected chi connectivity index (χ1v) is 18.1. The lowest BCUT2D eigenvalue weighted by atomic mass is 9.98. The van der Waals surface area contributed by atoms with Crippen LogP contribution in [-0.2, 0) is 28.4 Å². The number of carbonyl (C=O) groups excluding carboxylic acids is 4. The third kappa shape index (κ3) is 10.1. The molecule has 1 aliphatic heterocycles. The summed E-state index contributed by atoms with van der Waals surface area (Å²) in [7, 11) is 1.28. The van der Waals surface area contributed by atoms with E-state index in [1.165, 1.54) is 31.4 Å². The molecular formula is C43H41N3O11. The number of benzene rings is 5. The molecule has 5 atom stereocenters. The predicted molar refractivity (Wildman–Crippen MR) is 211 cm³/mol. The Morgan fingerprint density at radius 2 is 1.07 bits per heavy atom. The number of anilines is 3. The van der Waals surface area contributed by atoms with Gasteiger partial charge in [0.1, 0.15) is 6.10 Å². The van der Waals surface area contributed by atoms with E-state index in [0.29, 0.717) is 22.5 Å². The molecule has 0 spiro atoms. The number of hydrogen-bond acceptors (Lipinski definition) is 11. The largest absolute Gasteiger partial charge is 0.462 e. The molecule has 0 bridgehead atoms. The van der Waals surface area contributed by atoms with Crippen LogP contribution in [0.3, 0.4) is 0 Å². The quantitative estimate of drug-likeness (QED) is 0.0720. The summed E-state index contributed by atoms with van der Waals surface area (Å²) in [6, 6.07) is 38.7. The van der Waals surface area contributed by atoms with Crippen LogP contribution in [-0.4, -0.2) is 80.4 Å². The van der Waals surface area contributed by atoms with Gasteiger partial charge in [-0.1, -0.05) is 97.1 Å². The second-order valence-electron chi connectivity index (χ2n) is 12.6. The fourth-order valence-corrected chi connectivity index (χ4v) is 6.24. The summed E-state index contributed by atoms with van der Waals surface area (Å²) in [5.41, 5.74) is 4.38. The average Bonchev–Trinajstić information content (AvgIpc) is 3.23. The Balaban J connectivity index is 1.28. The van der Waals surface area contributed by atoms with Crippen LogP contribution in [0.4, 0.5) is 31.4 Å². The maximum Gasteiger partial charge on any atom is 0.412 e. The number of aliphatic hydroxyl groups excluding tert-OH is 1. The summed E-state index contributed by atoms with van der Waals surface area (Å²) < 4.78 is 34.1. The first-order valence-electron chi connectivity index (χ1n) is 18.1. The number of methoxy groups -OCH3 is 1. The molecule has 5 aromatic carbocycles. The van der Waals surface area contributed by atoms with Gasteiger partial charge in [-0.3, -0.25) is 16.0 Å². The van der Waals surface area contributed by atoms with Gasteiger partial charge in [0.15, 0.2) is 24.6 Å². The molecule has 1 saturated heterocycles. The van der Waals surface area contributed by atoms with Crippen LogP contribution in [0, 0.1) is 0 Å². The lowest BCUT2D eigenvalue weighted by Gasteiger charge is -2.43. The maximum atomic E-state index is 13.8. The fraction of sp³-hybridized carbons (Fsp3) is 0.209. The van der Waals surface area contributed by atoms with E-state index in [0.717, 1.165) is 11.1 Å². The van der Waals surface area contributed by atoms with Crippen molar-refractivity contribution in [2.24, 2.45) is 0 Å². The Morgan fingerprint density at radius 3 is 1.58 bits per heavy atom. The number of ether oxygens (including phenoxy) is 6. The Hall–Kier alpha value is -6.74. The third-order valence-electron chi connectivity index (χ3n) is 8.87. The zero-order chi connectivity index (χ0) is 40.1. The van der Waals surface area contributed by atoms with Crippen molar-refractivity contribution in [1.29, 1.82) is 0 Å². The summed E-state index contributed by atoms with van der Waals surface area (Å²) in [5.74, 6) is -0.534. The average molecular weight is 776 g/mol. The third-order valence-corrected chi connectivity index (χ3v) is 8.87. The van der Waals surface area contributed by atoms with Gasteiger partial charge < -0.3 is 33.5 Å². The molecule has 0 radical (unpaired) electrons. The summed E-state index contributed by atoms with van der Waals surface area (Å²) >= 11 is 0. The molecule has 6 rings (SSSR count). The van der Waals surface area contributed by atoms with Crippen molar-refractivity contribution in [3.05, 3.63) is 139 Å². The van der Waals surface area contributed by atoms with Crippen molar-refractivity contribution in [1.82, 2.24) is 0 Å². The van der Waals surface area contributed by atoms with E-state index >= 15 is 0 Å². The fourth-order valence-electron chi connectivity index (χ4n) is 6.24. The van der Waals surface area contributed by atoms with Crippen molar-refractivity contribution >= 4 is 41.3 Å². The molecular weight excluding hydrogens is 734 g/mol. The zero-order valence-electron chi connectivity index (χ0n) is 31.0. The number of esters is 1. The first-order chi connectivity index (χ1) is 27.8. The van der Waals surface area contributed by atoms with E-state index in [-0.39, 0.29) is 17.9 Å². The van der Waals surface area contributed by atoms with Gasteiger partial charge in [-0.25, -0.2) is 19.2 Å². The van der Waals surface area contributed by atoms with E-state index in [1.807, 2.05) is 84.9 Å². The Morgan fingerprint density at radius 1 is 0.596 bits per heavy atom. The lowest BCUT2D eigenvalue weighted by molar-refractivity contribution is -0.290. The smallest absolute Gasteiger partial charge is 0.412 e. The molecule has 0 aromatic heterocycles.